The quantitative estimate of drug-likeness (QED) is 0.581. The first-order valence-corrected chi connectivity index (χ1v) is 12.1. The van der Waals surface area contributed by atoms with E-state index in [1.165, 1.54) is 12.2 Å². The van der Waals surface area contributed by atoms with Gasteiger partial charge in [0.1, 0.15) is 12.8 Å². The maximum absolute atomic E-state index is 17.3. The van der Waals surface area contributed by atoms with Gasteiger partial charge in [-0.2, -0.15) is 0 Å². The predicted molar refractivity (Wildman–Crippen MR) is 117 cm³/mol. The fourth-order valence-corrected chi connectivity index (χ4v) is 8.07. The monoisotopic (exact) mass is 481 g/mol. The zero-order chi connectivity index (χ0) is 24.7. The fraction of sp³-hybridized carbons (Fsp3) is 0.760. The Bertz CT molecular complexity index is 971. The fourth-order valence-electron chi connectivity index (χ4n) is 8.07. The van der Waals surface area contributed by atoms with Crippen LogP contribution >= 0.6 is 0 Å². The Hall–Kier alpha value is -1.52. The van der Waals surface area contributed by atoms with Gasteiger partial charge in [-0.15, -0.1) is 0 Å². The molecule has 10 atom stereocenters. The van der Waals surface area contributed by atoms with E-state index in [0.29, 0.717) is 12.8 Å². The van der Waals surface area contributed by atoms with E-state index in [4.69, 9.17) is 15.4 Å². The Morgan fingerprint density at radius 3 is 2.74 bits per heavy atom. The van der Waals surface area contributed by atoms with Crippen molar-refractivity contribution >= 4 is 11.6 Å². The molecule has 4 aliphatic carbocycles. The van der Waals surface area contributed by atoms with E-state index >= 15 is 8.78 Å². The standard InChI is InChI=1S/C25H33F2NO6/c1-4-5-21-33-20-10-14-15-9-17(26)16-8-13(29)6-7-22(16,2)24(15,27)18(30)11-23(14,3)25(20,34-21)19(31)12-32-28/h6-8,14-15,17-18,20-21,30H,4-5,9-12,28H2,1-3H3/t14?,15?,17-,18?,20?,21?,22?,23?,24-,25?/m0/s1. The number of aliphatic hydroxyl groups excluding tert-OH is 1. The van der Waals surface area contributed by atoms with Crippen LogP contribution in [0.1, 0.15) is 52.9 Å². The average Bonchev–Trinajstić information content (AvgIpc) is 3.25. The Balaban J connectivity index is 1.61. The summed E-state index contributed by atoms with van der Waals surface area (Å²) in [5.74, 6) is 3.02. The molecular formula is C25H33F2NO6. The van der Waals surface area contributed by atoms with Gasteiger partial charge in [0.25, 0.3) is 0 Å². The predicted octanol–water partition coefficient (Wildman–Crippen LogP) is 2.65. The molecule has 0 aromatic heterocycles. The summed E-state index contributed by atoms with van der Waals surface area (Å²) in [6, 6.07) is 0. The summed E-state index contributed by atoms with van der Waals surface area (Å²) in [7, 11) is 0. The first kappa shape index (κ1) is 24.2. The summed E-state index contributed by atoms with van der Waals surface area (Å²) in [5, 5.41) is 11.4. The van der Waals surface area contributed by atoms with Gasteiger partial charge in [-0.25, -0.2) is 14.7 Å². The summed E-state index contributed by atoms with van der Waals surface area (Å²) in [5.41, 5.74) is -6.14. The van der Waals surface area contributed by atoms with Crippen LogP contribution in [-0.2, 0) is 23.9 Å². The smallest absolute Gasteiger partial charge is 0.195 e. The van der Waals surface area contributed by atoms with Crippen molar-refractivity contribution < 1.29 is 37.8 Å². The second-order valence-electron chi connectivity index (χ2n) is 11.0. The van der Waals surface area contributed by atoms with E-state index in [-0.39, 0.29) is 18.4 Å². The Kier molecular flexibility index (Phi) is 5.50. The molecule has 7 nitrogen and oxygen atoms in total. The van der Waals surface area contributed by atoms with Gasteiger partial charge in [-0.1, -0.05) is 26.3 Å². The highest BCUT2D eigenvalue weighted by Gasteiger charge is 2.79. The minimum absolute atomic E-state index is 0.0671. The number of aliphatic hydroxyl groups is 1. The summed E-state index contributed by atoms with van der Waals surface area (Å²) < 4.78 is 45.3. The number of nitrogens with two attached hydrogens (primary N) is 1. The third-order valence-corrected chi connectivity index (χ3v) is 9.58. The number of alkyl halides is 2. The summed E-state index contributed by atoms with van der Waals surface area (Å²) >= 11 is 0. The maximum Gasteiger partial charge on any atom is 0.195 e. The first-order valence-electron chi connectivity index (χ1n) is 12.1. The van der Waals surface area contributed by atoms with Crippen molar-refractivity contribution in [2.24, 2.45) is 28.6 Å². The molecule has 0 aromatic carbocycles. The van der Waals surface area contributed by atoms with Gasteiger partial charge in [-0.3, -0.25) is 14.4 Å². The molecule has 4 fully saturated rings. The van der Waals surface area contributed by atoms with E-state index in [1.807, 2.05) is 13.8 Å². The molecule has 9 heteroatoms. The molecule has 1 heterocycles. The number of halogens is 2. The maximum atomic E-state index is 17.3. The van der Waals surface area contributed by atoms with Crippen LogP contribution in [0, 0.1) is 22.7 Å². The Morgan fingerprint density at radius 1 is 1.32 bits per heavy atom. The van der Waals surface area contributed by atoms with Crippen LogP contribution in [0.3, 0.4) is 0 Å². The number of carbonyl (C=O) groups excluding carboxylic acids is 2. The molecule has 188 valence electrons. The van der Waals surface area contributed by atoms with E-state index in [2.05, 4.69) is 4.84 Å². The number of fused-ring (bicyclic) bond motifs is 7. The van der Waals surface area contributed by atoms with E-state index in [0.717, 1.165) is 12.5 Å². The SMILES string of the molecule is CCCC1OC2CC3C4C[C@H](F)C5=CC(=O)C=CC5(C)[C@@]4(F)C(O)CC3(C)C2(C(=O)CON)O1. The van der Waals surface area contributed by atoms with Crippen molar-refractivity contribution in [2.45, 2.75) is 88.8 Å². The van der Waals surface area contributed by atoms with Gasteiger partial charge in [0.2, 0.25) is 0 Å². The van der Waals surface area contributed by atoms with Gasteiger partial charge in [-0.05, 0) is 56.3 Å². The molecule has 34 heavy (non-hydrogen) atoms. The Labute approximate surface area is 197 Å². The minimum Gasteiger partial charge on any atom is -0.390 e. The number of ether oxygens (including phenoxy) is 2. The Morgan fingerprint density at radius 2 is 2.06 bits per heavy atom. The molecule has 1 saturated heterocycles. The molecule has 5 rings (SSSR count). The van der Waals surface area contributed by atoms with Crippen LogP contribution in [0.25, 0.3) is 0 Å². The van der Waals surface area contributed by atoms with Gasteiger partial charge < -0.3 is 14.6 Å². The highest BCUT2D eigenvalue weighted by atomic mass is 19.1. The molecule has 0 radical (unpaired) electrons. The zero-order valence-electron chi connectivity index (χ0n) is 19.8. The largest absolute Gasteiger partial charge is 0.390 e. The van der Waals surface area contributed by atoms with Gasteiger partial charge in [0.05, 0.1) is 12.2 Å². The van der Waals surface area contributed by atoms with Gasteiger partial charge in [0, 0.05) is 16.7 Å². The summed E-state index contributed by atoms with van der Waals surface area (Å²) in [6.45, 7) is 4.93. The van der Waals surface area contributed by atoms with Crippen molar-refractivity contribution in [1.29, 1.82) is 0 Å². The van der Waals surface area contributed by atoms with E-state index in [1.54, 1.807) is 6.92 Å². The van der Waals surface area contributed by atoms with Gasteiger partial charge >= 0.3 is 0 Å². The normalized spacial score (nSPS) is 51.4. The third-order valence-electron chi connectivity index (χ3n) is 9.58. The lowest BCUT2D eigenvalue weighted by atomic mass is 9.44. The highest BCUT2D eigenvalue weighted by molar-refractivity contribution is 6.01. The molecule has 5 aliphatic rings. The molecule has 1 aliphatic heterocycles. The number of allylic oxidation sites excluding steroid dienone is 4. The van der Waals surface area contributed by atoms with Crippen LogP contribution in [-0.4, -0.2) is 59.2 Å². The van der Waals surface area contributed by atoms with Crippen LogP contribution in [0.5, 0.6) is 0 Å². The van der Waals surface area contributed by atoms with Crippen LogP contribution in [0.15, 0.2) is 23.8 Å². The zero-order valence-corrected chi connectivity index (χ0v) is 19.8. The van der Waals surface area contributed by atoms with E-state index < -0.39 is 76.8 Å². The number of Topliss-reactive ketones (excluding diaryl/α,β-unsaturated/α-hetero) is 1. The highest BCUT2D eigenvalue weighted by Crippen LogP contribution is 2.72. The lowest BCUT2D eigenvalue weighted by Crippen LogP contribution is -2.71. The van der Waals surface area contributed by atoms with Crippen molar-refractivity contribution in [3.05, 3.63) is 23.8 Å². The van der Waals surface area contributed by atoms with Crippen LogP contribution in [0.4, 0.5) is 8.78 Å². The first-order chi connectivity index (χ1) is 16.0. The molecule has 3 saturated carbocycles. The minimum atomic E-state index is -2.22. The second kappa shape index (κ2) is 7.74. The van der Waals surface area contributed by atoms with Crippen LogP contribution < -0.4 is 5.90 Å². The van der Waals surface area contributed by atoms with Crippen molar-refractivity contribution in [3.8, 4) is 0 Å². The molecule has 0 spiro atoms. The molecular weight excluding hydrogens is 448 g/mol. The molecule has 0 aromatic rings. The lowest BCUT2D eigenvalue weighted by molar-refractivity contribution is -0.235. The topological polar surface area (TPSA) is 108 Å². The number of hydrogen-bond acceptors (Lipinski definition) is 7. The molecule has 3 N–H and O–H groups in total. The summed E-state index contributed by atoms with van der Waals surface area (Å²) in [6.07, 6.45) is 0.824. The molecule has 0 amide bonds. The number of carbonyl (C=O) groups is 2. The van der Waals surface area contributed by atoms with Crippen molar-refractivity contribution in [1.82, 2.24) is 0 Å². The number of ketones is 2. The molecule has 0 bridgehead atoms. The van der Waals surface area contributed by atoms with Crippen molar-refractivity contribution in [3.63, 3.8) is 0 Å². The molecule has 8 unspecified atom stereocenters. The number of rotatable bonds is 5. The second-order valence-corrected chi connectivity index (χ2v) is 11.0. The van der Waals surface area contributed by atoms with Crippen molar-refractivity contribution in [2.75, 3.05) is 6.61 Å². The van der Waals surface area contributed by atoms with Gasteiger partial charge in [0.15, 0.2) is 29.1 Å². The third kappa shape index (κ3) is 2.73. The average molecular weight is 482 g/mol. The van der Waals surface area contributed by atoms with E-state index in [9.17, 15) is 14.7 Å². The lowest BCUT2D eigenvalue weighted by Gasteiger charge is -2.63. The number of hydrogen-bond donors (Lipinski definition) is 2. The summed E-state index contributed by atoms with van der Waals surface area (Å²) in [4.78, 5) is 30.1. The van der Waals surface area contributed by atoms with Crippen LogP contribution in [0.2, 0.25) is 0 Å².